The highest BCUT2D eigenvalue weighted by molar-refractivity contribution is 7.13. The number of nitrogens with zero attached hydrogens (tertiary/aromatic N) is 3. The standard InChI is InChI=1S/C13H20N4S/c1-6-18-13(15-1)17-4-2-16(3-5-17)9-12-10-7-14-8-11(10)12/h1,6,10-12,14H,2-5,7-9H2/t10-,11+,12?. The van der Waals surface area contributed by atoms with E-state index in [0.29, 0.717) is 0 Å². The molecular weight excluding hydrogens is 244 g/mol. The van der Waals surface area contributed by atoms with Gasteiger partial charge in [-0.3, -0.25) is 4.90 Å². The fraction of sp³-hybridized carbons (Fsp3) is 0.769. The number of anilines is 1. The number of fused-ring (bicyclic) bond motifs is 1. The van der Waals surface area contributed by atoms with Crippen molar-refractivity contribution in [2.24, 2.45) is 17.8 Å². The molecule has 1 saturated carbocycles. The minimum absolute atomic E-state index is 0.998. The molecule has 1 N–H and O–H groups in total. The van der Waals surface area contributed by atoms with E-state index in [0.717, 1.165) is 30.8 Å². The Labute approximate surface area is 112 Å². The van der Waals surface area contributed by atoms with E-state index in [4.69, 9.17) is 0 Å². The second-order valence-corrected chi connectivity index (χ2v) is 6.63. The Balaban J connectivity index is 1.28. The second kappa shape index (κ2) is 4.47. The van der Waals surface area contributed by atoms with Gasteiger partial charge in [0.15, 0.2) is 5.13 Å². The lowest BCUT2D eigenvalue weighted by Gasteiger charge is -2.34. The molecule has 0 bridgehead atoms. The zero-order valence-electron chi connectivity index (χ0n) is 10.6. The van der Waals surface area contributed by atoms with Crippen LogP contribution in [0.1, 0.15) is 0 Å². The maximum atomic E-state index is 4.40. The molecule has 1 aliphatic carbocycles. The van der Waals surface area contributed by atoms with Crippen molar-refractivity contribution in [1.29, 1.82) is 0 Å². The number of aromatic nitrogens is 1. The van der Waals surface area contributed by atoms with Gasteiger partial charge in [0.1, 0.15) is 0 Å². The molecule has 4 nitrogen and oxygen atoms in total. The van der Waals surface area contributed by atoms with Gasteiger partial charge >= 0.3 is 0 Å². The lowest BCUT2D eigenvalue weighted by Crippen LogP contribution is -2.47. The summed E-state index contributed by atoms with van der Waals surface area (Å²) in [7, 11) is 0. The monoisotopic (exact) mass is 264 g/mol. The van der Waals surface area contributed by atoms with Crippen molar-refractivity contribution < 1.29 is 0 Å². The van der Waals surface area contributed by atoms with E-state index in [2.05, 4.69) is 25.5 Å². The second-order valence-electron chi connectivity index (χ2n) is 5.75. The maximum absolute atomic E-state index is 4.40. The average Bonchev–Trinajstić information content (AvgIpc) is 2.89. The lowest BCUT2D eigenvalue weighted by molar-refractivity contribution is 0.237. The van der Waals surface area contributed by atoms with Gasteiger partial charge in [0.2, 0.25) is 0 Å². The van der Waals surface area contributed by atoms with Crippen molar-refractivity contribution in [1.82, 2.24) is 15.2 Å². The quantitative estimate of drug-likeness (QED) is 0.872. The predicted octanol–water partition coefficient (Wildman–Crippen LogP) is 0.730. The van der Waals surface area contributed by atoms with Gasteiger partial charge in [-0.1, -0.05) is 0 Å². The van der Waals surface area contributed by atoms with Crippen LogP contribution in [0.15, 0.2) is 11.6 Å². The van der Waals surface area contributed by atoms with Gasteiger partial charge in [-0.2, -0.15) is 0 Å². The first kappa shape index (κ1) is 11.2. The number of piperidine rings is 1. The fourth-order valence-corrected chi connectivity index (χ4v) is 4.31. The molecule has 2 aliphatic heterocycles. The average molecular weight is 264 g/mol. The summed E-state index contributed by atoms with van der Waals surface area (Å²) in [5.41, 5.74) is 0. The van der Waals surface area contributed by atoms with Gasteiger partial charge < -0.3 is 10.2 Å². The summed E-state index contributed by atoms with van der Waals surface area (Å²) in [4.78, 5) is 9.49. The van der Waals surface area contributed by atoms with Gasteiger partial charge in [-0.15, -0.1) is 11.3 Å². The summed E-state index contributed by atoms with van der Waals surface area (Å²) < 4.78 is 0. The molecule has 2 saturated heterocycles. The van der Waals surface area contributed by atoms with Crippen LogP contribution in [0.25, 0.3) is 0 Å². The smallest absolute Gasteiger partial charge is 0.185 e. The molecule has 98 valence electrons. The van der Waals surface area contributed by atoms with Gasteiger partial charge in [0.05, 0.1) is 0 Å². The number of rotatable bonds is 3. The molecule has 1 aromatic heterocycles. The van der Waals surface area contributed by atoms with E-state index in [1.165, 1.54) is 37.9 Å². The van der Waals surface area contributed by atoms with Crippen LogP contribution in [0.4, 0.5) is 5.13 Å². The summed E-state index contributed by atoms with van der Waals surface area (Å²) in [5, 5.41) is 6.75. The summed E-state index contributed by atoms with van der Waals surface area (Å²) in [6.07, 6.45) is 1.91. The van der Waals surface area contributed by atoms with Crippen molar-refractivity contribution in [3.8, 4) is 0 Å². The first-order valence-corrected chi connectivity index (χ1v) is 7.87. The van der Waals surface area contributed by atoms with Crippen molar-refractivity contribution >= 4 is 16.5 Å². The number of nitrogens with one attached hydrogen (secondary N) is 1. The zero-order chi connectivity index (χ0) is 11.9. The Morgan fingerprint density at radius 1 is 1.22 bits per heavy atom. The van der Waals surface area contributed by atoms with Crippen LogP contribution in [0.3, 0.4) is 0 Å². The van der Waals surface area contributed by atoms with Crippen molar-refractivity contribution in [3.05, 3.63) is 11.6 Å². The molecule has 1 unspecified atom stereocenters. The molecule has 3 atom stereocenters. The van der Waals surface area contributed by atoms with Gasteiger partial charge in [-0.05, 0) is 30.8 Å². The predicted molar refractivity (Wildman–Crippen MR) is 74.1 cm³/mol. The molecular formula is C13H20N4S. The Morgan fingerprint density at radius 2 is 2.00 bits per heavy atom. The third-order valence-electron chi connectivity index (χ3n) is 4.80. The first-order chi connectivity index (χ1) is 8.92. The Kier molecular flexibility index (Phi) is 2.78. The molecule has 0 spiro atoms. The molecule has 0 amide bonds. The summed E-state index contributed by atoms with van der Waals surface area (Å²) in [5.74, 6) is 3.00. The number of hydrogen-bond donors (Lipinski definition) is 1. The van der Waals surface area contributed by atoms with Gasteiger partial charge in [0.25, 0.3) is 0 Å². The van der Waals surface area contributed by atoms with Crippen LogP contribution in [0.2, 0.25) is 0 Å². The first-order valence-electron chi connectivity index (χ1n) is 6.99. The third kappa shape index (κ3) is 1.94. The van der Waals surface area contributed by atoms with Crippen LogP contribution in [0.5, 0.6) is 0 Å². The normalized spacial score (nSPS) is 35.8. The molecule has 1 aromatic rings. The Morgan fingerprint density at radius 3 is 2.67 bits per heavy atom. The molecule has 3 aliphatic rings. The van der Waals surface area contributed by atoms with Crippen LogP contribution < -0.4 is 10.2 Å². The molecule has 0 aromatic carbocycles. The molecule has 18 heavy (non-hydrogen) atoms. The summed E-state index contributed by atoms with van der Waals surface area (Å²) in [6.45, 7) is 8.60. The highest BCUT2D eigenvalue weighted by Crippen LogP contribution is 2.48. The fourth-order valence-electron chi connectivity index (χ4n) is 3.61. The van der Waals surface area contributed by atoms with Crippen LogP contribution in [-0.4, -0.2) is 55.7 Å². The largest absolute Gasteiger partial charge is 0.346 e. The maximum Gasteiger partial charge on any atom is 0.185 e. The Bertz CT molecular complexity index is 389. The highest BCUT2D eigenvalue weighted by Gasteiger charge is 2.52. The zero-order valence-corrected chi connectivity index (χ0v) is 11.4. The SMILES string of the molecule is c1csc(N2CCN(CC3[C@H]4CNC[C@@H]34)CC2)n1. The van der Waals surface area contributed by atoms with Gasteiger partial charge in [0, 0.05) is 44.3 Å². The minimum Gasteiger partial charge on any atom is -0.346 e. The molecule has 3 heterocycles. The summed E-state index contributed by atoms with van der Waals surface area (Å²) >= 11 is 1.76. The lowest BCUT2D eigenvalue weighted by atomic mass is 10.2. The summed E-state index contributed by atoms with van der Waals surface area (Å²) in [6, 6.07) is 0. The van der Waals surface area contributed by atoms with Crippen LogP contribution in [0, 0.1) is 17.8 Å². The van der Waals surface area contributed by atoms with E-state index in [1.54, 1.807) is 11.3 Å². The van der Waals surface area contributed by atoms with E-state index in [1.807, 2.05) is 6.20 Å². The molecule has 0 radical (unpaired) electrons. The van der Waals surface area contributed by atoms with Crippen molar-refractivity contribution in [3.63, 3.8) is 0 Å². The van der Waals surface area contributed by atoms with Crippen LogP contribution >= 0.6 is 11.3 Å². The van der Waals surface area contributed by atoms with Crippen LogP contribution in [-0.2, 0) is 0 Å². The Hall–Kier alpha value is -0.650. The van der Waals surface area contributed by atoms with Crippen molar-refractivity contribution in [2.45, 2.75) is 0 Å². The molecule has 4 rings (SSSR count). The highest BCUT2D eigenvalue weighted by atomic mass is 32.1. The van der Waals surface area contributed by atoms with E-state index < -0.39 is 0 Å². The minimum atomic E-state index is 0.998. The van der Waals surface area contributed by atoms with E-state index in [9.17, 15) is 0 Å². The number of piperazine rings is 1. The van der Waals surface area contributed by atoms with Gasteiger partial charge in [-0.25, -0.2) is 4.98 Å². The number of thiazole rings is 1. The number of hydrogen-bond acceptors (Lipinski definition) is 5. The topological polar surface area (TPSA) is 31.4 Å². The third-order valence-corrected chi connectivity index (χ3v) is 5.63. The van der Waals surface area contributed by atoms with E-state index >= 15 is 0 Å². The van der Waals surface area contributed by atoms with E-state index in [-0.39, 0.29) is 0 Å². The molecule has 5 heteroatoms. The molecule has 3 fully saturated rings. The van der Waals surface area contributed by atoms with Crippen molar-refractivity contribution in [2.75, 3.05) is 50.7 Å².